The molecule has 3 aromatic rings. The van der Waals surface area contributed by atoms with Crippen LogP contribution < -0.4 is 10.2 Å². The van der Waals surface area contributed by atoms with Gasteiger partial charge in [-0.1, -0.05) is 6.92 Å². The molecule has 190 valence electrons. The Bertz CT molecular complexity index is 1210. The Morgan fingerprint density at radius 3 is 2.47 bits per heavy atom. The number of methoxy groups -OCH3 is 1. The minimum atomic E-state index is -0.475. The Hall–Kier alpha value is -3.11. The highest BCUT2D eigenvalue weighted by Crippen LogP contribution is 2.40. The van der Waals surface area contributed by atoms with E-state index in [9.17, 15) is 14.4 Å². The normalized spacial score (nSPS) is 17.6. The fourth-order valence-electron chi connectivity index (χ4n) is 4.42. The Morgan fingerprint density at radius 1 is 1.14 bits per heavy atom. The smallest absolute Gasteiger partial charge is 0.350 e. The molecule has 4 rings (SSSR count). The third kappa shape index (κ3) is 5.65. The molecule has 0 saturated heterocycles. The lowest BCUT2D eigenvalue weighted by Gasteiger charge is -2.33. The minimum absolute atomic E-state index is 0.0419. The summed E-state index contributed by atoms with van der Waals surface area (Å²) in [6, 6.07) is 5.27. The molecule has 1 saturated carbocycles. The molecule has 8 nitrogen and oxygen atoms in total. The molecular formula is C26H30N4O4S2. The second kappa shape index (κ2) is 11.3. The number of esters is 1. The van der Waals surface area contributed by atoms with Crippen LogP contribution in [0.5, 0.6) is 0 Å². The van der Waals surface area contributed by atoms with E-state index in [0.29, 0.717) is 28.0 Å². The van der Waals surface area contributed by atoms with Crippen molar-refractivity contribution in [3.05, 3.63) is 45.9 Å². The molecule has 0 unspecified atom stereocenters. The molecular weight excluding hydrogens is 496 g/mol. The summed E-state index contributed by atoms with van der Waals surface area (Å²) in [6.45, 7) is 6.15. The molecule has 0 aliphatic heterocycles. The number of thiazole rings is 1. The number of anilines is 2. The standard InChI is InChI=1S/C26H30N4O4S2/c1-15(2)30(25(32)17-7-5-16(3)6-8-17)20-11-21(36-23(20)26(33)34-4)18-9-10-22(27-12-18)29-24(31)19-13-35-14-28-19/h9-17H,5-8H2,1-4H3,(H,27,29,31)/t16-,17-. The van der Waals surface area contributed by atoms with Gasteiger partial charge in [0.2, 0.25) is 5.91 Å². The first-order valence-electron chi connectivity index (χ1n) is 12.0. The molecule has 36 heavy (non-hydrogen) atoms. The molecule has 0 bridgehead atoms. The number of pyridine rings is 1. The highest BCUT2D eigenvalue weighted by Gasteiger charge is 2.33. The Labute approximate surface area is 218 Å². The third-order valence-corrected chi connectivity index (χ3v) is 8.16. The van der Waals surface area contributed by atoms with Gasteiger partial charge in [-0.05, 0) is 63.6 Å². The van der Waals surface area contributed by atoms with Gasteiger partial charge in [-0.25, -0.2) is 14.8 Å². The van der Waals surface area contributed by atoms with Crippen molar-refractivity contribution in [2.45, 2.75) is 52.5 Å². The van der Waals surface area contributed by atoms with Gasteiger partial charge in [0.1, 0.15) is 16.4 Å². The molecule has 1 fully saturated rings. The highest BCUT2D eigenvalue weighted by molar-refractivity contribution is 7.18. The zero-order valence-electron chi connectivity index (χ0n) is 20.8. The minimum Gasteiger partial charge on any atom is -0.465 e. The fraction of sp³-hybridized carbons (Fsp3) is 0.423. The fourth-order valence-corrected chi connectivity index (χ4v) is 6.00. The van der Waals surface area contributed by atoms with Crippen LogP contribution in [-0.2, 0) is 9.53 Å². The van der Waals surface area contributed by atoms with Crippen molar-refractivity contribution >= 4 is 52.0 Å². The number of aromatic nitrogens is 2. The summed E-state index contributed by atoms with van der Waals surface area (Å²) in [5.74, 6) is 0.251. The van der Waals surface area contributed by atoms with E-state index >= 15 is 0 Å². The van der Waals surface area contributed by atoms with Crippen LogP contribution in [0.4, 0.5) is 11.5 Å². The molecule has 1 N–H and O–H groups in total. The van der Waals surface area contributed by atoms with Crippen molar-refractivity contribution in [3.63, 3.8) is 0 Å². The van der Waals surface area contributed by atoms with E-state index < -0.39 is 5.97 Å². The predicted molar refractivity (Wildman–Crippen MR) is 143 cm³/mol. The lowest BCUT2D eigenvalue weighted by molar-refractivity contribution is -0.123. The third-order valence-electron chi connectivity index (χ3n) is 6.42. The second-order valence-electron chi connectivity index (χ2n) is 9.34. The van der Waals surface area contributed by atoms with Gasteiger partial charge in [0, 0.05) is 34.0 Å². The van der Waals surface area contributed by atoms with Gasteiger partial charge in [-0.15, -0.1) is 22.7 Å². The Morgan fingerprint density at radius 2 is 1.89 bits per heavy atom. The number of thiophene rings is 1. The maximum absolute atomic E-state index is 13.6. The number of hydrogen-bond donors (Lipinski definition) is 1. The topological polar surface area (TPSA) is 101 Å². The number of ether oxygens (including phenoxy) is 1. The zero-order valence-corrected chi connectivity index (χ0v) is 22.4. The largest absolute Gasteiger partial charge is 0.465 e. The molecule has 3 heterocycles. The van der Waals surface area contributed by atoms with Crippen LogP contribution in [0.25, 0.3) is 10.4 Å². The number of nitrogens with zero attached hydrogens (tertiary/aromatic N) is 3. The monoisotopic (exact) mass is 526 g/mol. The van der Waals surface area contributed by atoms with Crippen LogP contribution >= 0.6 is 22.7 Å². The first-order valence-corrected chi connectivity index (χ1v) is 13.8. The Kier molecular flexibility index (Phi) is 8.15. The summed E-state index contributed by atoms with van der Waals surface area (Å²) in [6.07, 6.45) is 5.45. The molecule has 0 radical (unpaired) electrons. The van der Waals surface area contributed by atoms with E-state index in [1.165, 1.54) is 29.8 Å². The van der Waals surface area contributed by atoms with E-state index in [0.717, 1.165) is 36.1 Å². The quantitative estimate of drug-likeness (QED) is 0.386. The predicted octanol–water partition coefficient (Wildman–Crippen LogP) is 5.87. The molecule has 1 aliphatic carbocycles. The van der Waals surface area contributed by atoms with Gasteiger partial charge in [0.05, 0.1) is 18.3 Å². The number of nitrogens with one attached hydrogen (secondary N) is 1. The maximum atomic E-state index is 13.6. The molecule has 1 aliphatic rings. The van der Waals surface area contributed by atoms with Gasteiger partial charge in [0.25, 0.3) is 5.91 Å². The van der Waals surface area contributed by atoms with Crippen molar-refractivity contribution in [1.29, 1.82) is 0 Å². The Balaban J connectivity index is 1.61. The van der Waals surface area contributed by atoms with Crippen molar-refractivity contribution < 1.29 is 19.1 Å². The second-order valence-corrected chi connectivity index (χ2v) is 11.1. The summed E-state index contributed by atoms with van der Waals surface area (Å²) in [4.78, 5) is 49.9. The van der Waals surface area contributed by atoms with Crippen LogP contribution in [0.1, 0.15) is 66.6 Å². The van der Waals surface area contributed by atoms with Gasteiger partial charge < -0.3 is 15.0 Å². The van der Waals surface area contributed by atoms with E-state index in [4.69, 9.17) is 4.74 Å². The first kappa shape index (κ1) is 26.0. The van der Waals surface area contributed by atoms with Crippen LogP contribution in [0.3, 0.4) is 0 Å². The molecule has 2 amide bonds. The van der Waals surface area contributed by atoms with Crippen LogP contribution in [0, 0.1) is 11.8 Å². The number of carbonyl (C=O) groups is 3. The average molecular weight is 527 g/mol. The number of rotatable bonds is 7. The molecule has 0 atom stereocenters. The lowest BCUT2D eigenvalue weighted by Crippen LogP contribution is -2.42. The summed E-state index contributed by atoms with van der Waals surface area (Å²) < 4.78 is 5.06. The van der Waals surface area contributed by atoms with Crippen molar-refractivity contribution in [2.24, 2.45) is 11.8 Å². The van der Waals surface area contributed by atoms with E-state index in [-0.39, 0.29) is 23.8 Å². The van der Waals surface area contributed by atoms with Gasteiger partial charge >= 0.3 is 5.97 Å². The molecule has 0 aromatic carbocycles. The SMILES string of the molecule is COC(=O)c1sc(-c2ccc(NC(=O)c3cscn3)nc2)cc1N(C(=O)[C@H]1CC[C@H](C)CC1)C(C)C. The average Bonchev–Trinajstić information content (AvgIpc) is 3.55. The number of amides is 2. The van der Waals surface area contributed by atoms with Gasteiger partial charge in [-0.2, -0.15) is 0 Å². The van der Waals surface area contributed by atoms with E-state index in [1.54, 1.807) is 28.1 Å². The summed E-state index contributed by atoms with van der Waals surface area (Å²) in [5.41, 5.74) is 3.27. The molecule has 3 aromatic heterocycles. The maximum Gasteiger partial charge on any atom is 0.350 e. The highest BCUT2D eigenvalue weighted by atomic mass is 32.1. The van der Waals surface area contributed by atoms with Crippen molar-refractivity contribution in [1.82, 2.24) is 9.97 Å². The lowest BCUT2D eigenvalue weighted by atomic mass is 9.82. The number of carbonyl (C=O) groups excluding carboxylic acids is 3. The first-order chi connectivity index (χ1) is 17.3. The molecule has 10 heteroatoms. The molecule has 0 spiro atoms. The van der Waals surface area contributed by atoms with Crippen LogP contribution in [0.15, 0.2) is 35.3 Å². The van der Waals surface area contributed by atoms with Gasteiger partial charge in [-0.3, -0.25) is 9.59 Å². The van der Waals surface area contributed by atoms with Crippen molar-refractivity contribution in [2.75, 3.05) is 17.3 Å². The van der Waals surface area contributed by atoms with Gasteiger partial charge in [0.15, 0.2) is 0 Å². The number of hydrogen-bond acceptors (Lipinski definition) is 8. The van der Waals surface area contributed by atoms with E-state index in [2.05, 4.69) is 22.2 Å². The van der Waals surface area contributed by atoms with Crippen molar-refractivity contribution in [3.8, 4) is 10.4 Å². The van der Waals surface area contributed by atoms with Crippen LogP contribution in [-0.4, -0.2) is 40.9 Å². The summed E-state index contributed by atoms with van der Waals surface area (Å²) in [5, 5.41) is 4.39. The zero-order chi connectivity index (χ0) is 25.8. The van der Waals surface area contributed by atoms with Crippen LogP contribution in [0.2, 0.25) is 0 Å². The summed E-state index contributed by atoms with van der Waals surface area (Å²) >= 11 is 2.61. The van der Waals surface area contributed by atoms with E-state index in [1.807, 2.05) is 26.0 Å². The summed E-state index contributed by atoms with van der Waals surface area (Å²) in [7, 11) is 1.34.